The lowest BCUT2D eigenvalue weighted by Gasteiger charge is -2.22. The number of phenolic OH excluding ortho intramolecular Hbond substituents is 1. The molecule has 0 bridgehead atoms. The van der Waals surface area contributed by atoms with Crippen LogP contribution < -0.4 is 10.1 Å². The van der Waals surface area contributed by atoms with Gasteiger partial charge in [0.2, 0.25) is 0 Å². The van der Waals surface area contributed by atoms with Gasteiger partial charge in [-0.25, -0.2) is 9.59 Å². The van der Waals surface area contributed by atoms with Gasteiger partial charge >= 0.3 is 12.1 Å². The van der Waals surface area contributed by atoms with Gasteiger partial charge in [-0.1, -0.05) is 11.6 Å². The molecule has 128 valence electrons. The van der Waals surface area contributed by atoms with Crippen molar-refractivity contribution in [3.05, 3.63) is 22.7 Å². The number of phenols is 1. The van der Waals surface area contributed by atoms with E-state index >= 15 is 0 Å². The third-order valence-electron chi connectivity index (χ3n) is 2.76. The Hall–Kier alpha value is -2.15. The molecule has 1 aromatic rings. The highest BCUT2D eigenvalue weighted by molar-refractivity contribution is 6.31. The van der Waals surface area contributed by atoms with Crippen LogP contribution in [0.1, 0.15) is 26.3 Å². The molecule has 1 amide bonds. The van der Waals surface area contributed by atoms with Crippen molar-refractivity contribution in [2.75, 3.05) is 7.11 Å². The Kier molecular flexibility index (Phi) is 6.09. The van der Waals surface area contributed by atoms with Crippen LogP contribution in [0.25, 0.3) is 0 Å². The number of halogens is 1. The first-order chi connectivity index (χ1) is 10.5. The van der Waals surface area contributed by atoms with Gasteiger partial charge in [0.15, 0.2) is 11.5 Å². The molecule has 0 spiro atoms. The van der Waals surface area contributed by atoms with Gasteiger partial charge in [-0.05, 0) is 32.4 Å². The number of ether oxygens (including phenoxy) is 2. The Balaban J connectivity index is 2.93. The molecule has 0 heterocycles. The van der Waals surface area contributed by atoms with E-state index in [1.165, 1.54) is 19.2 Å². The molecule has 0 saturated carbocycles. The molecule has 1 unspecified atom stereocenters. The SMILES string of the molecule is COc1cc(CC(NC(=O)OC(C)(C)C)C(=O)O)c(Cl)cc1O. The van der Waals surface area contributed by atoms with Crippen LogP contribution in [0.5, 0.6) is 11.5 Å². The van der Waals surface area contributed by atoms with E-state index in [4.69, 9.17) is 21.1 Å². The normalized spacial score (nSPS) is 12.4. The van der Waals surface area contributed by atoms with Crippen molar-refractivity contribution in [3.63, 3.8) is 0 Å². The molecular formula is C15H20ClNO6. The highest BCUT2D eigenvalue weighted by Gasteiger charge is 2.25. The van der Waals surface area contributed by atoms with Crippen molar-refractivity contribution >= 4 is 23.7 Å². The molecule has 0 aliphatic heterocycles. The van der Waals surface area contributed by atoms with Gasteiger partial charge < -0.3 is 25.0 Å². The topological polar surface area (TPSA) is 105 Å². The molecule has 3 N–H and O–H groups in total. The molecule has 0 fully saturated rings. The van der Waals surface area contributed by atoms with Gasteiger partial charge in [0.1, 0.15) is 11.6 Å². The van der Waals surface area contributed by atoms with Crippen LogP contribution in [0.3, 0.4) is 0 Å². The molecule has 1 rings (SSSR count). The van der Waals surface area contributed by atoms with Gasteiger partial charge in [0.25, 0.3) is 0 Å². The first kappa shape index (κ1) is 18.9. The number of nitrogens with one attached hydrogen (secondary N) is 1. The van der Waals surface area contributed by atoms with E-state index in [0.29, 0.717) is 5.56 Å². The Bertz CT molecular complexity index is 596. The summed E-state index contributed by atoms with van der Waals surface area (Å²) in [5, 5.41) is 21.3. The number of carbonyl (C=O) groups excluding carboxylic acids is 1. The summed E-state index contributed by atoms with van der Waals surface area (Å²) in [5.74, 6) is -1.24. The van der Waals surface area contributed by atoms with Crippen LogP contribution in [-0.2, 0) is 16.0 Å². The molecule has 1 atom stereocenters. The molecule has 0 radical (unpaired) electrons. The zero-order valence-corrected chi connectivity index (χ0v) is 14.1. The molecule has 0 saturated heterocycles. The van der Waals surface area contributed by atoms with Crippen molar-refractivity contribution in [1.82, 2.24) is 5.32 Å². The molecule has 8 heteroatoms. The molecule has 0 aliphatic carbocycles. The van der Waals surface area contributed by atoms with Crippen LogP contribution in [0.4, 0.5) is 4.79 Å². The van der Waals surface area contributed by atoms with E-state index in [-0.39, 0.29) is 22.9 Å². The lowest BCUT2D eigenvalue weighted by atomic mass is 10.1. The third kappa shape index (κ3) is 5.86. The maximum absolute atomic E-state index is 11.7. The standard InChI is InChI=1S/C15H20ClNO6/c1-15(2,3)23-14(21)17-10(13(19)20)5-8-6-12(22-4)11(18)7-9(8)16/h6-7,10,18H,5H2,1-4H3,(H,17,21)(H,19,20). The van der Waals surface area contributed by atoms with Crippen LogP contribution in [0, 0.1) is 0 Å². The summed E-state index contributed by atoms with van der Waals surface area (Å²) < 4.78 is 10.0. The predicted molar refractivity (Wildman–Crippen MR) is 84.2 cm³/mol. The van der Waals surface area contributed by atoms with E-state index in [2.05, 4.69) is 5.32 Å². The molecular weight excluding hydrogens is 326 g/mol. The highest BCUT2D eigenvalue weighted by atomic mass is 35.5. The van der Waals surface area contributed by atoms with E-state index in [1.54, 1.807) is 20.8 Å². The summed E-state index contributed by atoms with van der Waals surface area (Å²) in [5.41, 5.74) is -0.336. The number of methoxy groups -OCH3 is 1. The fourth-order valence-electron chi connectivity index (χ4n) is 1.77. The number of carboxylic acids is 1. The van der Waals surface area contributed by atoms with Crippen molar-refractivity contribution < 1.29 is 29.3 Å². The Morgan fingerprint density at radius 2 is 1.96 bits per heavy atom. The lowest BCUT2D eigenvalue weighted by Crippen LogP contribution is -2.44. The number of hydrogen-bond acceptors (Lipinski definition) is 5. The minimum absolute atomic E-state index is 0.0932. The monoisotopic (exact) mass is 345 g/mol. The van der Waals surface area contributed by atoms with Crippen molar-refractivity contribution in [3.8, 4) is 11.5 Å². The first-order valence-corrected chi connectivity index (χ1v) is 7.19. The molecule has 1 aromatic carbocycles. The number of rotatable bonds is 5. The van der Waals surface area contributed by atoms with Gasteiger partial charge in [-0.3, -0.25) is 0 Å². The molecule has 0 aromatic heterocycles. The smallest absolute Gasteiger partial charge is 0.408 e. The Morgan fingerprint density at radius 3 is 2.43 bits per heavy atom. The second-order valence-electron chi connectivity index (χ2n) is 5.86. The van der Waals surface area contributed by atoms with Crippen molar-refractivity contribution in [1.29, 1.82) is 0 Å². The van der Waals surface area contributed by atoms with Gasteiger partial charge in [0, 0.05) is 17.5 Å². The number of aliphatic carboxylic acids is 1. The quantitative estimate of drug-likeness (QED) is 0.757. The van der Waals surface area contributed by atoms with E-state index in [9.17, 15) is 19.8 Å². The minimum atomic E-state index is -1.24. The zero-order valence-electron chi connectivity index (χ0n) is 13.3. The van der Waals surface area contributed by atoms with Gasteiger partial charge in [0.05, 0.1) is 7.11 Å². The second kappa shape index (κ2) is 7.41. The zero-order chi connectivity index (χ0) is 17.8. The van der Waals surface area contributed by atoms with Crippen LogP contribution in [0.15, 0.2) is 12.1 Å². The van der Waals surface area contributed by atoms with Gasteiger partial charge in [-0.15, -0.1) is 0 Å². The summed E-state index contributed by atoms with van der Waals surface area (Å²) in [6, 6.07) is 1.43. The maximum Gasteiger partial charge on any atom is 0.408 e. The molecule has 7 nitrogen and oxygen atoms in total. The van der Waals surface area contributed by atoms with Gasteiger partial charge in [-0.2, -0.15) is 0 Å². The first-order valence-electron chi connectivity index (χ1n) is 6.81. The van der Waals surface area contributed by atoms with E-state index in [1.807, 2.05) is 0 Å². The number of carbonyl (C=O) groups is 2. The molecule has 23 heavy (non-hydrogen) atoms. The van der Waals surface area contributed by atoms with Crippen LogP contribution in [-0.4, -0.2) is 41.0 Å². The average Bonchev–Trinajstić information content (AvgIpc) is 2.38. The average molecular weight is 346 g/mol. The summed E-state index contributed by atoms with van der Waals surface area (Å²) in [4.78, 5) is 23.1. The van der Waals surface area contributed by atoms with Crippen molar-refractivity contribution in [2.24, 2.45) is 0 Å². The summed E-state index contributed by atoms with van der Waals surface area (Å²) in [7, 11) is 1.36. The number of alkyl carbamates (subject to hydrolysis) is 1. The number of aromatic hydroxyl groups is 1. The fourth-order valence-corrected chi connectivity index (χ4v) is 2.01. The molecule has 0 aliphatic rings. The minimum Gasteiger partial charge on any atom is -0.504 e. The number of benzene rings is 1. The van der Waals surface area contributed by atoms with E-state index < -0.39 is 23.7 Å². The lowest BCUT2D eigenvalue weighted by molar-refractivity contribution is -0.139. The second-order valence-corrected chi connectivity index (χ2v) is 6.26. The summed E-state index contributed by atoms with van der Waals surface area (Å²) >= 11 is 6.00. The predicted octanol–water partition coefficient (Wildman–Crippen LogP) is 2.57. The number of hydrogen-bond donors (Lipinski definition) is 3. The largest absolute Gasteiger partial charge is 0.504 e. The number of amides is 1. The summed E-state index contributed by atoms with van der Waals surface area (Å²) in [6.07, 6.45) is -0.934. The summed E-state index contributed by atoms with van der Waals surface area (Å²) in [6.45, 7) is 5.01. The van der Waals surface area contributed by atoms with Crippen LogP contribution in [0.2, 0.25) is 5.02 Å². The van der Waals surface area contributed by atoms with Crippen LogP contribution >= 0.6 is 11.6 Å². The maximum atomic E-state index is 11.7. The van der Waals surface area contributed by atoms with Crippen molar-refractivity contribution in [2.45, 2.75) is 38.8 Å². The Morgan fingerprint density at radius 1 is 1.35 bits per heavy atom. The fraction of sp³-hybridized carbons (Fsp3) is 0.467. The van der Waals surface area contributed by atoms with E-state index in [0.717, 1.165) is 0 Å². The highest BCUT2D eigenvalue weighted by Crippen LogP contribution is 2.32. The third-order valence-corrected chi connectivity index (χ3v) is 3.11. The Labute approximate surface area is 139 Å². The number of carboxylic acid groups (broad SMARTS) is 1.